The number of nitrogens with zero attached hydrogens (tertiary/aromatic N) is 1. The molecule has 0 bridgehead atoms. The Balaban J connectivity index is 3.23. The van der Waals surface area contributed by atoms with Crippen LogP contribution in [0, 0.1) is 3.57 Å². The van der Waals surface area contributed by atoms with Gasteiger partial charge in [0, 0.05) is 0 Å². The van der Waals surface area contributed by atoms with Crippen LogP contribution in [0.5, 0.6) is 0 Å². The number of aromatic nitrogens is 1. The summed E-state index contributed by atoms with van der Waals surface area (Å²) in [7, 11) is 0. The fraction of sp³-hybridized carbons (Fsp3) is 0.167. The molecule has 0 aromatic carbocycles. The normalized spacial score (nSPS) is 10.7. The third kappa shape index (κ3) is 1.74. The number of hydrogen-bond donors (Lipinski definition) is 2. The lowest BCUT2D eigenvalue weighted by Gasteiger charge is -2.05. The number of nitrogen functional groups attached to an aromatic ring is 2. The fourth-order valence-corrected chi connectivity index (χ4v) is 1.16. The van der Waals surface area contributed by atoms with Gasteiger partial charge in [0.25, 0.3) is 6.43 Å². The Bertz CT molecular complexity index is 303. The average molecular weight is 285 g/mol. The number of pyridine rings is 1. The van der Waals surface area contributed by atoms with E-state index in [2.05, 4.69) is 4.98 Å². The molecule has 66 valence electrons. The summed E-state index contributed by atoms with van der Waals surface area (Å²) in [6, 6.07) is 1.38. The molecule has 3 nitrogen and oxygen atoms in total. The number of rotatable bonds is 1. The summed E-state index contributed by atoms with van der Waals surface area (Å²) in [4.78, 5) is 3.47. The molecule has 1 heterocycles. The predicted molar refractivity (Wildman–Crippen MR) is 50.7 cm³/mol. The van der Waals surface area contributed by atoms with Crippen molar-refractivity contribution < 1.29 is 8.78 Å². The quantitative estimate of drug-likeness (QED) is 0.773. The Morgan fingerprint density at radius 2 is 2.00 bits per heavy atom. The number of anilines is 2. The fourth-order valence-electron chi connectivity index (χ4n) is 0.707. The largest absolute Gasteiger partial charge is 0.397 e. The number of nitrogens with two attached hydrogens (primary N) is 2. The summed E-state index contributed by atoms with van der Waals surface area (Å²) in [5.74, 6) is 0.0834. The van der Waals surface area contributed by atoms with Crippen molar-refractivity contribution in [2.24, 2.45) is 0 Å². The average Bonchev–Trinajstić information content (AvgIpc) is 1.96. The molecule has 0 atom stereocenters. The van der Waals surface area contributed by atoms with E-state index in [-0.39, 0.29) is 11.5 Å². The first kappa shape index (κ1) is 9.43. The molecule has 0 aliphatic carbocycles. The smallest absolute Gasteiger partial charge is 0.282 e. The van der Waals surface area contributed by atoms with Crippen LogP contribution in [0.2, 0.25) is 0 Å². The maximum absolute atomic E-state index is 12.1. The standard InChI is InChI=1S/C6H6F2IN3/c7-5(8)4-3(10)1-2(9)6(11)12-4/h1,5H,10H2,(H2,11,12). The third-order valence-corrected chi connectivity index (χ3v) is 2.13. The summed E-state index contributed by atoms with van der Waals surface area (Å²) in [5.41, 5.74) is 10.1. The third-order valence-electron chi connectivity index (χ3n) is 1.27. The highest BCUT2D eigenvalue weighted by atomic mass is 127. The molecule has 0 saturated heterocycles. The van der Waals surface area contributed by atoms with E-state index in [0.29, 0.717) is 3.57 Å². The summed E-state index contributed by atoms with van der Waals surface area (Å²) in [6.45, 7) is 0. The number of alkyl halides is 2. The molecule has 0 aliphatic heterocycles. The number of hydrogen-bond acceptors (Lipinski definition) is 3. The molecule has 1 aromatic heterocycles. The molecule has 6 heteroatoms. The van der Waals surface area contributed by atoms with Gasteiger partial charge in [-0.2, -0.15) is 0 Å². The molecular formula is C6H6F2IN3. The molecule has 0 radical (unpaired) electrons. The van der Waals surface area contributed by atoms with Crippen molar-refractivity contribution >= 4 is 34.1 Å². The van der Waals surface area contributed by atoms with Crippen LogP contribution in [0.4, 0.5) is 20.3 Å². The topological polar surface area (TPSA) is 64.9 Å². The molecule has 1 rings (SSSR count). The second-order valence-corrected chi connectivity index (χ2v) is 3.29. The summed E-state index contributed by atoms with van der Waals surface area (Å²) >= 11 is 1.88. The molecule has 4 N–H and O–H groups in total. The van der Waals surface area contributed by atoms with Gasteiger partial charge < -0.3 is 11.5 Å². The van der Waals surface area contributed by atoms with Crippen molar-refractivity contribution in [2.75, 3.05) is 11.5 Å². The molecule has 0 amide bonds. The first-order chi connectivity index (χ1) is 5.52. The zero-order chi connectivity index (χ0) is 9.30. The lowest BCUT2D eigenvalue weighted by Crippen LogP contribution is -2.03. The molecule has 0 spiro atoms. The molecular weight excluding hydrogens is 279 g/mol. The Morgan fingerprint density at radius 1 is 1.42 bits per heavy atom. The van der Waals surface area contributed by atoms with Crippen molar-refractivity contribution in [3.05, 3.63) is 15.3 Å². The molecule has 0 unspecified atom stereocenters. The second-order valence-electron chi connectivity index (χ2n) is 2.13. The Morgan fingerprint density at radius 3 is 2.50 bits per heavy atom. The lowest BCUT2D eigenvalue weighted by atomic mass is 10.3. The molecule has 0 fully saturated rings. The zero-order valence-corrected chi connectivity index (χ0v) is 8.05. The molecule has 12 heavy (non-hydrogen) atoms. The highest BCUT2D eigenvalue weighted by Crippen LogP contribution is 2.26. The van der Waals surface area contributed by atoms with Crippen LogP contribution in [0.15, 0.2) is 6.07 Å². The van der Waals surface area contributed by atoms with Gasteiger partial charge in [0.1, 0.15) is 11.5 Å². The lowest BCUT2D eigenvalue weighted by molar-refractivity contribution is 0.147. The SMILES string of the molecule is Nc1cc(I)c(N)nc1C(F)F. The van der Waals surface area contributed by atoms with E-state index in [1.807, 2.05) is 22.6 Å². The highest BCUT2D eigenvalue weighted by molar-refractivity contribution is 14.1. The van der Waals surface area contributed by atoms with Crippen molar-refractivity contribution in [3.8, 4) is 0 Å². The Kier molecular flexibility index (Phi) is 2.65. The van der Waals surface area contributed by atoms with Crippen LogP contribution in [0.25, 0.3) is 0 Å². The van der Waals surface area contributed by atoms with Crippen molar-refractivity contribution in [1.82, 2.24) is 4.98 Å². The van der Waals surface area contributed by atoms with E-state index in [4.69, 9.17) is 11.5 Å². The minimum atomic E-state index is -2.68. The van der Waals surface area contributed by atoms with E-state index in [0.717, 1.165) is 0 Å². The Labute approximate surface area is 81.3 Å². The first-order valence-corrected chi connectivity index (χ1v) is 4.09. The second kappa shape index (κ2) is 3.38. The van der Waals surface area contributed by atoms with Crippen molar-refractivity contribution in [1.29, 1.82) is 0 Å². The van der Waals surface area contributed by atoms with Gasteiger partial charge >= 0.3 is 0 Å². The summed E-state index contributed by atoms with van der Waals surface area (Å²) < 4.78 is 24.9. The molecule has 1 aromatic rings. The van der Waals surface area contributed by atoms with Crippen LogP contribution >= 0.6 is 22.6 Å². The van der Waals surface area contributed by atoms with Gasteiger partial charge in [-0.3, -0.25) is 0 Å². The minimum Gasteiger partial charge on any atom is -0.397 e. The van der Waals surface area contributed by atoms with E-state index in [1.54, 1.807) is 0 Å². The van der Waals surface area contributed by atoms with Gasteiger partial charge in [0.05, 0.1) is 9.26 Å². The van der Waals surface area contributed by atoms with E-state index in [1.165, 1.54) is 6.07 Å². The van der Waals surface area contributed by atoms with Crippen LogP contribution < -0.4 is 11.5 Å². The van der Waals surface area contributed by atoms with Crippen LogP contribution in [0.1, 0.15) is 12.1 Å². The minimum absolute atomic E-state index is 0.0244. The molecule has 0 saturated carbocycles. The van der Waals surface area contributed by atoms with E-state index < -0.39 is 12.1 Å². The van der Waals surface area contributed by atoms with E-state index >= 15 is 0 Å². The maximum Gasteiger partial charge on any atom is 0.282 e. The van der Waals surface area contributed by atoms with Gasteiger partial charge in [-0.05, 0) is 28.7 Å². The van der Waals surface area contributed by atoms with Gasteiger partial charge in [0.2, 0.25) is 0 Å². The Hall–Kier alpha value is -0.660. The van der Waals surface area contributed by atoms with Crippen molar-refractivity contribution in [3.63, 3.8) is 0 Å². The van der Waals surface area contributed by atoms with Crippen LogP contribution in [-0.4, -0.2) is 4.98 Å². The van der Waals surface area contributed by atoms with Gasteiger partial charge in [0.15, 0.2) is 0 Å². The first-order valence-electron chi connectivity index (χ1n) is 3.02. The van der Waals surface area contributed by atoms with E-state index in [9.17, 15) is 8.78 Å². The van der Waals surface area contributed by atoms with Crippen LogP contribution in [-0.2, 0) is 0 Å². The van der Waals surface area contributed by atoms with Gasteiger partial charge in [-0.15, -0.1) is 0 Å². The molecule has 0 aliphatic rings. The monoisotopic (exact) mass is 285 g/mol. The zero-order valence-electron chi connectivity index (χ0n) is 5.89. The summed E-state index contributed by atoms with van der Waals surface area (Å²) in [5, 5.41) is 0. The van der Waals surface area contributed by atoms with Gasteiger partial charge in [-0.1, -0.05) is 0 Å². The van der Waals surface area contributed by atoms with Crippen molar-refractivity contribution in [2.45, 2.75) is 6.43 Å². The predicted octanol–water partition coefficient (Wildman–Crippen LogP) is 1.79. The maximum atomic E-state index is 12.1. The highest BCUT2D eigenvalue weighted by Gasteiger charge is 2.14. The summed E-state index contributed by atoms with van der Waals surface area (Å²) in [6.07, 6.45) is -2.68. The number of halogens is 3. The van der Waals surface area contributed by atoms with Gasteiger partial charge in [-0.25, -0.2) is 13.8 Å². The van der Waals surface area contributed by atoms with Crippen LogP contribution in [0.3, 0.4) is 0 Å².